The monoisotopic (exact) mass is 455 g/mol. The molecule has 0 radical (unpaired) electrons. The summed E-state index contributed by atoms with van der Waals surface area (Å²) in [6.07, 6.45) is -2.09. The van der Waals surface area contributed by atoms with Gasteiger partial charge in [-0.25, -0.2) is 9.50 Å². The minimum absolute atomic E-state index is 0.0293. The van der Waals surface area contributed by atoms with Gasteiger partial charge in [-0.2, -0.15) is 10.4 Å². The maximum atomic E-state index is 12.6. The molecule has 1 saturated carbocycles. The van der Waals surface area contributed by atoms with E-state index in [0.717, 1.165) is 0 Å². The SMILES string of the molecule is CC(C)C(=O)O[C@H]1[C@H]2O[C@@](C#N)(c3ccc4c(N)ncnn34)[C@@H]3OC(=O)CCCC(=O)O[C@]231. The fourth-order valence-corrected chi connectivity index (χ4v) is 4.50. The molecule has 0 bridgehead atoms. The van der Waals surface area contributed by atoms with E-state index in [-0.39, 0.29) is 30.8 Å². The fraction of sp³-hybridized carbons (Fsp3) is 0.524. The molecule has 3 fully saturated rings. The van der Waals surface area contributed by atoms with Gasteiger partial charge in [0.2, 0.25) is 11.2 Å². The summed E-state index contributed by atoms with van der Waals surface area (Å²) in [5.74, 6) is -2.05. The van der Waals surface area contributed by atoms with Crippen LogP contribution in [0, 0.1) is 17.2 Å². The number of aromatic nitrogens is 3. The van der Waals surface area contributed by atoms with Crippen LogP contribution in [0.4, 0.5) is 5.82 Å². The summed E-state index contributed by atoms with van der Waals surface area (Å²) in [4.78, 5) is 41.4. The number of hydrogen-bond donors (Lipinski definition) is 1. The topological polar surface area (TPSA) is 168 Å². The van der Waals surface area contributed by atoms with Crippen molar-refractivity contribution >= 4 is 29.2 Å². The summed E-state index contributed by atoms with van der Waals surface area (Å²) >= 11 is 0. The van der Waals surface area contributed by atoms with Gasteiger partial charge >= 0.3 is 17.9 Å². The number of nitrogens with two attached hydrogens (primary N) is 1. The highest BCUT2D eigenvalue weighted by molar-refractivity contribution is 5.77. The molecule has 12 nitrogen and oxygen atoms in total. The minimum Gasteiger partial charge on any atom is -0.455 e. The Morgan fingerprint density at radius 1 is 1.33 bits per heavy atom. The molecule has 33 heavy (non-hydrogen) atoms. The van der Waals surface area contributed by atoms with E-state index in [1.807, 2.05) is 0 Å². The Morgan fingerprint density at radius 2 is 2.09 bits per heavy atom. The highest BCUT2D eigenvalue weighted by atomic mass is 16.7. The first kappa shape index (κ1) is 21.1. The number of ether oxygens (including phenoxy) is 4. The average molecular weight is 455 g/mol. The quantitative estimate of drug-likeness (QED) is 0.502. The Morgan fingerprint density at radius 3 is 2.82 bits per heavy atom. The molecule has 2 aliphatic heterocycles. The molecule has 0 amide bonds. The van der Waals surface area contributed by atoms with Gasteiger partial charge in [0.05, 0.1) is 11.6 Å². The van der Waals surface area contributed by atoms with Gasteiger partial charge in [0.25, 0.3) is 0 Å². The molecule has 2 aromatic heterocycles. The van der Waals surface area contributed by atoms with Gasteiger partial charge in [-0.05, 0) is 18.6 Å². The largest absolute Gasteiger partial charge is 0.455 e. The van der Waals surface area contributed by atoms with E-state index in [1.54, 1.807) is 26.0 Å². The van der Waals surface area contributed by atoms with Gasteiger partial charge in [0.15, 0.2) is 18.0 Å². The van der Waals surface area contributed by atoms with Crippen molar-refractivity contribution in [3.8, 4) is 6.07 Å². The normalized spacial score (nSPS) is 33.1. The molecule has 3 aliphatic rings. The molecular weight excluding hydrogens is 434 g/mol. The third-order valence-corrected chi connectivity index (χ3v) is 6.19. The summed E-state index contributed by atoms with van der Waals surface area (Å²) in [5, 5.41) is 14.5. The first-order chi connectivity index (χ1) is 15.7. The third-order valence-electron chi connectivity index (χ3n) is 6.19. The summed E-state index contributed by atoms with van der Waals surface area (Å²) in [7, 11) is 0. The number of nitrogens with zero attached hydrogens (tertiary/aromatic N) is 4. The van der Waals surface area contributed by atoms with Crippen molar-refractivity contribution in [2.45, 2.75) is 62.6 Å². The van der Waals surface area contributed by atoms with E-state index in [9.17, 15) is 19.6 Å². The van der Waals surface area contributed by atoms with Crippen LogP contribution in [-0.2, 0) is 38.9 Å². The lowest BCUT2D eigenvalue weighted by Crippen LogP contribution is -2.51. The van der Waals surface area contributed by atoms with Crippen LogP contribution in [0.25, 0.3) is 5.52 Å². The second-order valence-corrected chi connectivity index (χ2v) is 8.61. The van der Waals surface area contributed by atoms with Gasteiger partial charge < -0.3 is 24.7 Å². The van der Waals surface area contributed by atoms with Gasteiger partial charge in [-0.3, -0.25) is 14.4 Å². The molecule has 5 rings (SSSR count). The van der Waals surface area contributed by atoms with Crippen molar-refractivity contribution in [2.75, 3.05) is 5.73 Å². The van der Waals surface area contributed by atoms with E-state index >= 15 is 0 Å². The fourth-order valence-electron chi connectivity index (χ4n) is 4.50. The predicted molar refractivity (Wildman–Crippen MR) is 107 cm³/mol. The molecule has 172 valence electrons. The van der Waals surface area contributed by atoms with Crippen LogP contribution in [0.3, 0.4) is 0 Å². The van der Waals surface area contributed by atoms with Gasteiger partial charge in [0.1, 0.15) is 24.0 Å². The van der Waals surface area contributed by atoms with Gasteiger partial charge in [0, 0.05) is 12.8 Å². The minimum atomic E-state index is -1.90. The standard InChI is InChI=1S/C21H21N5O7/c1-10(2)18(29)31-15-16-21(15)19(30-13(27)4-3-5-14(28)32-21)20(8-22,33-16)12-7-6-11-17(23)24-9-25-26(11)12/h6-7,9-10,15-16,19H,3-5H2,1-2H3,(H2,23,24,25)/t15-,16+,19-,20-,21+/m0/s1. The summed E-state index contributed by atoms with van der Waals surface area (Å²) in [6.45, 7) is 3.31. The highest BCUT2D eigenvalue weighted by Crippen LogP contribution is 2.63. The van der Waals surface area contributed by atoms with E-state index in [1.165, 1.54) is 10.8 Å². The Bertz CT molecular complexity index is 1220. The number of hydrogen-bond acceptors (Lipinski definition) is 11. The van der Waals surface area contributed by atoms with E-state index < -0.39 is 53.3 Å². The van der Waals surface area contributed by atoms with Crippen LogP contribution >= 0.6 is 0 Å². The first-order valence-corrected chi connectivity index (χ1v) is 10.5. The lowest BCUT2D eigenvalue weighted by atomic mass is 9.90. The number of carbonyl (C=O) groups excluding carboxylic acids is 3. The molecule has 0 aromatic carbocycles. The lowest BCUT2D eigenvalue weighted by molar-refractivity contribution is -0.188. The maximum Gasteiger partial charge on any atom is 0.308 e. The molecule has 2 saturated heterocycles. The smallest absolute Gasteiger partial charge is 0.308 e. The number of nitriles is 1. The zero-order valence-corrected chi connectivity index (χ0v) is 17.9. The maximum absolute atomic E-state index is 12.6. The van der Waals surface area contributed by atoms with E-state index in [2.05, 4.69) is 16.2 Å². The van der Waals surface area contributed by atoms with Crippen molar-refractivity contribution in [1.82, 2.24) is 14.6 Å². The van der Waals surface area contributed by atoms with Crippen LogP contribution in [0.1, 0.15) is 38.8 Å². The van der Waals surface area contributed by atoms with Crippen molar-refractivity contribution in [3.05, 3.63) is 24.2 Å². The number of anilines is 1. The van der Waals surface area contributed by atoms with Crippen LogP contribution in [0.2, 0.25) is 0 Å². The summed E-state index contributed by atoms with van der Waals surface area (Å²) in [5.41, 5.74) is 2.99. The van der Waals surface area contributed by atoms with Crippen molar-refractivity contribution < 1.29 is 33.3 Å². The van der Waals surface area contributed by atoms with Crippen LogP contribution in [0.5, 0.6) is 0 Å². The Kier molecular flexibility index (Phi) is 4.58. The van der Waals surface area contributed by atoms with Crippen molar-refractivity contribution in [2.24, 2.45) is 5.92 Å². The van der Waals surface area contributed by atoms with Crippen molar-refractivity contribution in [1.29, 1.82) is 5.26 Å². The molecule has 12 heteroatoms. The highest BCUT2D eigenvalue weighted by Gasteiger charge is 2.88. The number of rotatable bonds is 3. The Hall–Kier alpha value is -3.72. The van der Waals surface area contributed by atoms with E-state index in [4.69, 9.17) is 24.7 Å². The molecule has 2 aromatic rings. The number of fused-ring (bicyclic) bond motifs is 1. The Labute approximate surface area is 187 Å². The zero-order chi connectivity index (χ0) is 23.5. The lowest BCUT2D eigenvalue weighted by Gasteiger charge is -2.33. The number of esters is 3. The number of nitrogen functional groups attached to an aromatic ring is 1. The average Bonchev–Trinajstić information content (AvgIpc) is 3.07. The summed E-state index contributed by atoms with van der Waals surface area (Å²) in [6, 6.07) is 5.25. The van der Waals surface area contributed by atoms with E-state index in [0.29, 0.717) is 5.52 Å². The molecule has 4 heterocycles. The molecule has 5 atom stereocenters. The van der Waals surface area contributed by atoms with Crippen LogP contribution in [0.15, 0.2) is 18.5 Å². The second-order valence-electron chi connectivity index (χ2n) is 8.61. The van der Waals surface area contributed by atoms with Gasteiger partial charge in [-0.15, -0.1) is 0 Å². The molecular formula is C21H21N5O7. The molecule has 2 N–H and O–H groups in total. The molecule has 1 aliphatic carbocycles. The van der Waals surface area contributed by atoms with Gasteiger partial charge in [-0.1, -0.05) is 13.8 Å². The van der Waals surface area contributed by atoms with Crippen LogP contribution in [-0.4, -0.2) is 56.4 Å². The molecule has 1 spiro atoms. The predicted octanol–water partition coefficient (Wildman–Crippen LogP) is 0.388. The van der Waals surface area contributed by atoms with Crippen molar-refractivity contribution in [3.63, 3.8) is 0 Å². The van der Waals surface area contributed by atoms with Crippen LogP contribution < -0.4 is 5.73 Å². The zero-order valence-electron chi connectivity index (χ0n) is 17.9. The third kappa shape index (κ3) is 2.88. The Balaban J connectivity index is 1.65. The summed E-state index contributed by atoms with van der Waals surface area (Å²) < 4.78 is 24.5. The number of carbonyl (C=O) groups is 3. The molecule has 0 unspecified atom stereocenters. The second kappa shape index (κ2) is 7.14. The first-order valence-electron chi connectivity index (χ1n) is 10.5.